The van der Waals surface area contributed by atoms with Crippen LogP contribution in [0.4, 0.5) is 0 Å². The number of sulfonamides is 1. The van der Waals surface area contributed by atoms with E-state index in [1.165, 1.54) is 6.92 Å². The van der Waals surface area contributed by atoms with Crippen LogP contribution in [0.2, 0.25) is 0 Å². The highest BCUT2D eigenvalue weighted by atomic mass is 32.2. The van der Waals surface area contributed by atoms with Crippen molar-refractivity contribution in [2.45, 2.75) is 20.3 Å². The predicted molar refractivity (Wildman–Crippen MR) is 50.8 cm³/mol. The van der Waals surface area contributed by atoms with Gasteiger partial charge in [-0.2, -0.15) is 0 Å². The van der Waals surface area contributed by atoms with Gasteiger partial charge >= 0.3 is 0 Å². The second-order valence-corrected chi connectivity index (χ2v) is 4.67. The molecule has 0 spiro atoms. The maximum atomic E-state index is 10.9. The smallest absolute Gasteiger partial charge is 0.235 e. The fraction of sp³-hybridized carbons (Fsp3) is 0.857. The van der Waals surface area contributed by atoms with Crippen LogP contribution in [-0.2, 0) is 14.8 Å². The van der Waals surface area contributed by atoms with Gasteiger partial charge in [-0.25, -0.2) is 13.1 Å². The SMILES string of the molecule is CCCNC(=O)CNS(=O)(=O)CC. The lowest BCUT2D eigenvalue weighted by atomic mass is 10.5. The van der Waals surface area contributed by atoms with E-state index in [1.54, 1.807) is 0 Å². The Kier molecular flexibility index (Phi) is 5.65. The van der Waals surface area contributed by atoms with Crippen LogP contribution in [0.1, 0.15) is 20.3 Å². The number of carbonyl (C=O) groups excluding carboxylic acids is 1. The monoisotopic (exact) mass is 208 g/mol. The van der Waals surface area contributed by atoms with E-state index in [0.717, 1.165) is 6.42 Å². The summed E-state index contributed by atoms with van der Waals surface area (Å²) in [6, 6.07) is 0. The zero-order chi connectivity index (χ0) is 10.3. The molecule has 6 heteroatoms. The van der Waals surface area contributed by atoms with E-state index in [2.05, 4.69) is 10.0 Å². The van der Waals surface area contributed by atoms with Crippen molar-refractivity contribution in [3.63, 3.8) is 0 Å². The van der Waals surface area contributed by atoms with Gasteiger partial charge < -0.3 is 5.32 Å². The van der Waals surface area contributed by atoms with Crippen molar-refractivity contribution in [3.05, 3.63) is 0 Å². The maximum Gasteiger partial charge on any atom is 0.235 e. The van der Waals surface area contributed by atoms with Gasteiger partial charge in [0.2, 0.25) is 15.9 Å². The third kappa shape index (κ3) is 6.53. The van der Waals surface area contributed by atoms with Crippen molar-refractivity contribution in [2.75, 3.05) is 18.8 Å². The first-order valence-corrected chi connectivity index (χ1v) is 5.91. The van der Waals surface area contributed by atoms with Crippen LogP contribution in [0.5, 0.6) is 0 Å². The maximum absolute atomic E-state index is 10.9. The zero-order valence-corrected chi connectivity index (χ0v) is 8.78. The first-order chi connectivity index (χ1) is 6.02. The van der Waals surface area contributed by atoms with Crippen LogP contribution < -0.4 is 10.0 Å². The molecule has 0 fully saturated rings. The number of hydrogen-bond donors (Lipinski definition) is 2. The molecule has 0 heterocycles. The molecule has 2 N–H and O–H groups in total. The number of amides is 1. The van der Waals surface area contributed by atoms with Gasteiger partial charge in [-0.15, -0.1) is 0 Å². The average molecular weight is 208 g/mol. The van der Waals surface area contributed by atoms with Crippen molar-refractivity contribution < 1.29 is 13.2 Å². The largest absolute Gasteiger partial charge is 0.355 e. The van der Waals surface area contributed by atoms with Crippen LogP contribution in [-0.4, -0.2) is 33.2 Å². The molecule has 0 saturated carbocycles. The van der Waals surface area contributed by atoms with Crippen molar-refractivity contribution in [2.24, 2.45) is 0 Å². The second-order valence-electron chi connectivity index (χ2n) is 2.57. The molecule has 0 radical (unpaired) electrons. The van der Waals surface area contributed by atoms with Crippen molar-refractivity contribution in [1.82, 2.24) is 10.0 Å². The molecule has 0 atom stereocenters. The third-order valence-corrected chi connectivity index (χ3v) is 2.75. The van der Waals surface area contributed by atoms with Crippen LogP contribution in [0.3, 0.4) is 0 Å². The molecule has 0 aliphatic carbocycles. The summed E-state index contributed by atoms with van der Waals surface area (Å²) in [6.45, 7) is 3.85. The number of hydrogen-bond acceptors (Lipinski definition) is 3. The van der Waals surface area contributed by atoms with E-state index >= 15 is 0 Å². The molecule has 0 aliphatic rings. The molecule has 78 valence electrons. The van der Waals surface area contributed by atoms with E-state index in [1.807, 2.05) is 6.92 Å². The summed E-state index contributed by atoms with van der Waals surface area (Å²) in [5, 5.41) is 2.56. The van der Waals surface area contributed by atoms with E-state index in [9.17, 15) is 13.2 Å². The Morgan fingerprint density at radius 3 is 2.38 bits per heavy atom. The summed E-state index contributed by atoms with van der Waals surface area (Å²) in [5.74, 6) is -0.299. The lowest BCUT2D eigenvalue weighted by Gasteiger charge is -2.04. The minimum atomic E-state index is -3.25. The Hall–Kier alpha value is -0.620. The van der Waals surface area contributed by atoms with Gasteiger partial charge in [0.25, 0.3) is 0 Å². The molecular weight excluding hydrogens is 192 g/mol. The van der Waals surface area contributed by atoms with Gasteiger partial charge in [0, 0.05) is 6.54 Å². The Labute approximate surface area is 79.0 Å². The fourth-order valence-electron chi connectivity index (χ4n) is 0.604. The summed E-state index contributed by atoms with van der Waals surface area (Å²) in [5.41, 5.74) is 0. The topological polar surface area (TPSA) is 75.3 Å². The van der Waals surface area contributed by atoms with Crippen LogP contribution >= 0.6 is 0 Å². The van der Waals surface area contributed by atoms with Gasteiger partial charge in [0.1, 0.15) is 0 Å². The normalized spacial score (nSPS) is 11.2. The zero-order valence-electron chi connectivity index (χ0n) is 7.96. The van der Waals surface area contributed by atoms with Gasteiger partial charge in [-0.3, -0.25) is 4.79 Å². The van der Waals surface area contributed by atoms with Crippen LogP contribution in [0, 0.1) is 0 Å². The van der Waals surface area contributed by atoms with Crippen molar-refractivity contribution >= 4 is 15.9 Å². The standard InChI is InChI=1S/C7H16N2O3S/c1-3-5-8-7(10)6-9-13(11,12)4-2/h9H,3-6H2,1-2H3,(H,8,10). The Balaban J connectivity index is 3.71. The molecule has 0 rings (SSSR count). The third-order valence-electron chi connectivity index (χ3n) is 1.40. The average Bonchev–Trinajstić information content (AvgIpc) is 2.11. The second kappa shape index (κ2) is 5.93. The van der Waals surface area contributed by atoms with E-state index in [0.29, 0.717) is 6.54 Å². The molecule has 1 amide bonds. The van der Waals surface area contributed by atoms with Crippen molar-refractivity contribution in [3.8, 4) is 0 Å². The van der Waals surface area contributed by atoms with Crippen molar-refractivity contribution in [1.29, 1.82) is 0 Å². The Morgan fingerprint density at radius 1 is 1.31 bits per heavy atom. The fourth-order valence-corrected chi connectivity index (χ4v) is 1.16. The first kappa shape index (κ1) is 12.4. The number of nitrogens with one attached hydrogen (secondary N) is 2. The molecule has 0 bridgehead atoms. The van der Waals surface area contributed by atoms with Gasteiger partial charge in [-0.05, 0) is 13.3 Å². The highest BCUT2D eigenvalue weighted by Crippen LogP contribution is 1.80. The van der Waals surface area contributed by atoms with E-state index in [-0.39, 0.29) is 18.2 Å². The van der Waals surface area contributed by atoms with Gasteiger partial charge in [-0.1, -0.05) is 6.92 Å². The molecule has 0 aromatic heterocycles. The van der Waals surface area contributed by atoms with Gasteiger partial charge in [0.05, 0.1) is 12.3 Å². The lowest BCUT2D eigenvalue weighted by Crippen LogP contribution is -2.37. The molecular formula is C7H16N2O3S. The quantitative estimate of drug-likeness (QED) is 0.615. The predicted octanol–water partition coefficient (Wildman–Crippen LogP) is -0.548. The molecule has 0 aromatic carbocycles. The minimum Gasteiger partial charge on any atom is -0.355 e. The summed E-state index contributed by atoms with van der Waals surface area (Å²) >= 11 is 0. The summed E-state index contributed by atoms with van der Waals surface area (Å²) in [6.07, 6.45) is 0.840. The first-order valence-electron chi connectivity index (χ1n) is 4.26. The number of carbonyl (C=O) groups is 1. The lowest BCUT2D eigenvalue weighted by molar-refractivity contribution is -0.119. The molecule has 0 aromatic rings. The molecule has 0 saturated heterocycles. The summed E-state index contributed by atoms with van der Waals surface area (Å²) < 4.78 is 24.0. The molecule has 5 nitrogen and oxygen atoms in total. The highest BCUT2D eigenvalue weighted by molar-refractivity contribution is 7.89. The highest BCUT2D eigenvalue weighted by Gasteiger charge is 2.08. The Morgan fingerprint density at radius 2 is 1.92 bits per heavy atom. The van der Waals surface area contributed by atoms with Crippen LogP contribution in [0.25, 0.3) is 0 Å². The van der Waals surface area contributed by atoms with E-state index < -0.39 is 10.0 Å². The van der Waals surface area contributed by atoms with Gasteiger partial charge in [0.15, 0.2) is 0 Å². The van der Waals surface area contributed by atoms with E-state index in [4.69, 9.17) is 0 Å². The molecule has 0 aliphatic heterocycles. The number of rotatable bonds is 6. The van der Waals surface area contributed by atoms with Crippen LogP contribution in [0.15, 0.2) is 0 Å². The summed E-state index contributed by atoms with van der Waals surface area (Å²) in [7, 11) is -3.25. The molecule has 0 unspecified atom stereocenters. The minimum absolute atomic E-state index is 0.00590. The molecule has 13 heavy (non-hydrogen) atoms. The summed E-state index contributed by atoms with van der Waals surface area (Å²) in [4.78, 5) is 10.9. The Bertz CT molecular complexity index is 248.